The van der Waals surface area contributed by atoms with Gasteiger partial charge in [-0.05, 0) is 99.8 Å². The van der Waals surface area contributed by atoms with E-state index in [4.69, 9.17) is 4.42 Å². The summed E-state index contributed by atoms with van der Waals surface area (Å²) in [7, 11) is 0. The largest absolute Gasteiger partial charge is 0.456 e. The number of allylic oxidation sites excluding steroid dienone is 1. The van der Waals surface area contributed by atoms with Crippen molar-refractivity contribution in [1.82, 2.24) is 0 Å². The van der Waals surface area contributed by atoms with E-state index in [9.17, 15) is 0 Å². The third-order valence-corrected chi connectivity index (χ3v) is 10.4. The van der Waals surface area contributed by atoms with Gasteiger partial charge in [-0.25, -0.2) is 0 Å². The Bertz CT molecular complexity index is 2410. The molecule has 0 unspecified atom stereocenters. The van der Waals surface area contributed by atoms with Crippen LogP contribution < -0.4 is 0 Å². The molecule has 8 aromatic rings. The van der Waals surface area contributed by atoms with E-state index in [-0.39, 0.29) is 0 Å². The summed E-state index contributed by atoms with van der Waals surface area (Å²) >= 11 is 1.91. The van der Waals surface area contributed by atoms with Gasteiger partial charge in [-0.3, -0.25) is 0 Å². The van der Waals surface area contributed by atoms with Crippen LogP contribution in [0.5, 0.6) is 0 Å². The Balaban J connectivity index is 1.24. The second-order valence-corrected chi connectivity index (χ2v) is 12.8. The van der Waals surface area contributed by atoms with E-state index in [1.807, 2.05) is 29.5 Å². The molecule has 1 nitrogen and oxygen atoms in total. The minimum atomic E-state index is 0.915. The molecule has 0 atom stereocenters. The molecule has 6 aromatic carbocycles. The Kier molecular flexibility index (Phi) is 6.44. The number of hydrogen-bond acceptors (Lipinski definition) is 2. The molecule has 46 heavy (non-hydrogen) atoms. The summed E-state index contributed by atoms with van der Waals surface area (Å²) in [5.74, 6) is 0. The molecule has 1 aliphatic rings. The molecule has 2 heterocycles. The zero-order chi connectivity index (χ0) is 30.5. The molecule has 0 aliphatic heterocycles. The fraction of sp³-hybridized carbons (Fsp3) is 0.0455. The zero-order valence-corrected chi connectivity index (χ0v) is 25.9. The van der Waals surface area contributed by atoms with Crippen molar-refractivity contribution >= 4 is 39.4 Å². The number of furan rings is 1. The topological polar surface area (TPSA) is 13.1 Å². The first-order valence-electron chi connectivity index (χ1n) is 15.7. The average Bonchev–Trinajstić information content (AvgIpc) is 3.71. The Morgan fingerprint density at radius 1 is 0.565 bits per heavy atom. The Morgan fingerprint density at radius 3 is 2.26 bits per heavy atom. The lowest BCUT2D eigenvalue weighted by atomic mass is 9.89. The Hall–Kier alpha value is -5.62. The van der Waals surface area contributed by atoms with Crippen LogP contribution in [0.4, 0.5) is 0 Å². The Labute approximate surface area is 272 Å². The van der Waals surface area contributed by atoms with Crippen LogP contribution in [0.25, 0.3) is 82.3 Å². The van der Waals surface area contributed by atoms with Gasteiger partial charge in [0, 0.05) is 31.7 Å². The van der Waals surface area contributed by atoms with E-state index in [1.165, 1.54) is 59.8 Å². The lowest BCUT2D eigenvalue weighted by Crippen LogP contribution is -1.94. The number of fused-ring (bicyclic) bond motifs is 4. The molecule has 0 saturated heterocycles. The maximum atomic E-state index is 6.14. The van der Waals surface area contributed by atoms with Crippen molar-refractivity contribution in [2.45, 2.75) is 12.8 Å². The van der Waals surface area contributed by atoms with Crippen molar-refractivity contribution in [3.05, 3.63) is 163 Å². The molecule has 0 fully saturated rings. The number of thiophene rings is 1. The first kappa shape index (κ1) is 26.8. The van der Waals surface area contributed by atoms with Gasteiger partial charge in [0.05, 0.1) is 0 Å². The van der Waals surface area contributed by atoms with Gasteiger partial charge in [-0.15, -0.1) is 11.3 Å². The van der Waals surface area contributed by atoms with Gasteiger partial charge in [0.1, 0.15) is 11.2 Å². The molecular weight excluding hydrogens is 577 g/mol. The van der Waals surface area contributed by atoms with Crippen molar-refractivity contribution < 1.29 is 4.42 Å². The van der Waals surface area contributed by atoms with Crippen LogP contribution in [0, 0.1) is 12.1 Å². The third-order valence-electron chi connectivity index (χ3n) is 9.04. The van der Waals surface area contributed by atoms with E-state index < -0.39 is 0 Å². The normalized spacial score (nSPS) is 12.3. The highest BCUT2D eigenvalue weighted by molar-refractivity contribution is 7.19. The summed E-state index contributed by atoms with van der Waals surface area (Å²) in [4.78, 5) is 2.66. The van der Waals surface area contributed by atoms with Crippen LogP contribution >= 0.6 is 11.3 Å². The molecule has 1 aliphatic carbocycles. The predicted octanol–water partition coefficient (Wildman–Crippen LogP) is 12.5. The van der Waals surface area contributed by atoms with Crippen molar-refractivity contribution in [2.75, 3.05) is 0 Å². The molecule has 0 spiro atoms. The third kappa shape index (κ3) is 4.57. The quantitative estimate of drug-likeness (QED) is 0.190. The summed E-state index contributed by atoms with van der Waals surface area (Å²) < 4.78 is 6.14. The molecule has 0 saturated carbocycles. The fourth-order valence-electron chi connectivity index (χ4n) is 6.80. The first-order chi connectivity index (χ1) is 22.8. The Morgan fingerprint density at radius 2 is 1.35 bits per heavy atom. The highest BCUT2D eigenvalue weighted by Crippen LogP contribution is 2.48. The van der Waals surface area contributed by atoms with Gasteiger partial charge < -0.3 is 4.42 Å². The van der Waals surface area contributed by atoms with Crippen LogP contribution in [0.15, 0.2) is 144 Å². The smallest absolute Gasteiger partial charge is 0.135 e. The highest BCUT2D eigenvalue weighted by atomic mass is 32.1. The number of benzene rings is 5. The van der Waals surface area contributed by atoms with Gasteiger partial charge in [0.15, 0.2) is 0 Å². The lowest BCUT2D eigenvalue weighted by Gasteiger charge is -2.14. The van der Waals surface area contributed by atoms with Gasteiger partial charge in [0.25, 0.3) is 0 Å². The van der Waals surface area contributed by atoms with E-state index >= 15 is 0 Å². The molecule has 216 valence electrons. The zero-order valence-electron chi connectivity index (χ0n) is 25.1. The van der Waals surface area contributed by atoms with Crippen LogP contribution in [0.1, 0.15) is 17.5 Å². The SMILES string of the molecule is c1cccc(-c2ccc(-c3ccc4oc5ccccc5c4c3)cc2-c2sc(-c3cccc(-c4ccccc4)c3)c3c2CCC=C3)c#1. The number of hydrogen-bond donors (Lipinski definition) is 0. The molecule has 2 aromatic heterocycles. The molecule has 0 N–H and O–H groups in total. The molecule has 0 bridgehead atoms. The second-order valence-electron chi connectivity index (χ2n) is 11.8. The average molecular weight is 605 g/mol. The number of para-hydroxylation sites is 1. The monoisotopic (exact) mass is 604 g/mol. The van der Waals surface area contributed by atoms with E-state index in [2.05, 4.69) is 140 Å². The summed E-state index contributed by atoms with van der Waals surface area (Å²) in [5, 5.41) is 2.29. The molecule has 2 heteroatoms. The summed E-state index contributed by atoms with van der Waals surface area (Å²) in [6.07, 6.45) is 6.74. The summed E-state index contributed by atoms with van der Waals surface area (Å²) in [5.41, 5.74) is 14.2. The lowest BCUT2D eigenvalue weighted by molar-refractivity contribution is 0.669. The summed E-state index contributed by atoms with van der Waals surface area (Å²) in [6, 6.07) is 54.1. The molecule has 9 rings (SSSR count). The minimum absolute atomic E-state index is 0.915. The minimum Gasteiger partial charge on any atom is -0.456 e. The van der Waals surface area contributed by atoms with Crippen LogP contribution in [-0.4, -0.2) is 0 Å². The van der Waals surface area contributed by atoms with E-state index in [0.29, 0.717) is 0 Å². The summed E-state index contributed by atoms with van der Waals surface area (Å²) in [6.45, 7) is 0. The van der Waals surface area contributed by atoms with Crippen molar-refractivity contribution in [1.29, 1.82) is 0 Å². The van der Waals surface area contributed by atoms with Crippen molar-refractivity contribution in [3.8, 4) is 54.3 Å². The maximum absolute atomic E-state index is 6.14. The van der Waals surface area contributed by atoms with E-state index in [1.54, 1.807) is 0 Å². The predicted molar refractivity (Wildman–Crippen MR) is 194 cm³/mol. The first-order valence-corrected chi connectivity index (χ1v) is 16.5. The van der Waals surface area contributed by atoms with Gasteiger partial charge in [-0.2, -0.15) is 0 Å². The molecule has 0 amide bonds. The maximum Gasteiger partial charge on any atom is 0.135 e. The highest BCUT2D eigenvalue weighted by Gasteiger charge is 2.23. The fourth-order valence-corrected chi connectivity index (χ4v) is 8.16. The van der Waals surface area contributed by atoms with E-state index in [0.717, 1.165) is 40.3 Å². The van der Waals surface area contributed by atoms with Gasteiger partial charge >= 0.3 is 0 Å². The van der Waals surface area contributed by atoms with Gasteiger partial charge in [-0.1, -0.05) is 115 Å². The van der Waals surface area contributed by atoms with Crippen LogP contribution in [0.3, 0.4) is 0 Å². The molecule has 0 radical (unpaired) electrons. The van der Waals surface area contributed by atoms with Gasteiger partial charge in [0.2, 0.25) is 0 Å². The standard InChI is InChI=1S/C44H28OS/c1-3-12-29(13-4-1)31-16-11-17-34(26-31)43-37-19-7-8-20-38(37)44(46-43)40-28-32(22-24-35(40)30-14-5-2-6-15-30)33-23-25-42-39(27-33)36-18-9-10-21-41(36)45-42/h1-5,7,9-14,16-19,21-28H,8,20H2. The van der Waals surface area contributed by atoms with Crippen molar-refractivity contribution in [2.24, 2.45) is 0 Å². The van der Waals surface area contributed by atoms with Crippen LogP contribution in [0.2, 0.25) is 0 Å². The second kappa shape index (κ2) is 11.1. The van der Waals surface area contributed by atoms with Crippen molar-refractivity contribution in [3.63, 3.8) is 0 Å². The molecular formula is C44H28OS. The van der Waals surface area contributed by atoms with Crippen LogP contribution in [-0.2, 0) is 6.42 Å². The number of rotatable bonds is 5.